The molecule has 0 radical (unpaired) electrons. The van der Waals surface area contributed by atoms with Gasteiger partial charge in [0.05, 0.1) is 25.7 Å². The molecule has 0 unspecified atom stereocenters. The first kappa shape index (κ1) is 115. The summed E-state index contributed by atoms with van der Waals surface area (Å²) in [6, 6.07) is 3.16. The van der Waals surface area contributed by atoms with Gasteiger partial charge < -0.3 is 119 Å². The molecule has 7 saturated heterocycles. The average molecular weight is 2070 g/mol. The van der Waals surface area contributed by atoms with Crippen LogP contribution in [0.3, 0.4) is 0 Å². The lowest BCUT2D eigenvalue weighted by atomic mass is 9.98. The Morgan fingerprint density at radius 3 is 1.15 bits per heavy atom. The summed E-state index contributed by atoms with van der Waals surface area (Å²) in [7, 11) is 0. The predicted octanol–water partition coefficient (Wildman–Crippen LogP) is -2.37. The van der Waals surface area contributed by atoms with Gasteiger partial charge in [-0.25, -0.2) is 4.79 Å². The van der Waals surface area contributed by atoms with E-state index in [0.29, 0.717) is 61.8 Å². The van der Waals surface area contributed by atoms with E-state index in [-0.39, 0.29) is 146 Å². The second kappa shape index (κ2) is 55.1. The van der Waals surface area contributed by atoms with Crippen molar-refractivity contribution >= 4 is 149 Å². The number of likely N-dealkylation sites (tertiary alicyclic amines) is 7. The molecule has 146 heavy (non-hydrogen) atoms. The van der Waals surface area contributed by atoms with Gasteiger partial charge in [-0.05, 0) is 151 Å². The maximum Gasteiger partial charge on any atom is 0.326 e. The van der Waals surface area contributed by atoms with Gasteiger partial charge in [0.15, 0.2) is 0 Å². The summed E-state index contributed by atoms with van der Waals surface area (Å²) in [5.74, 6) is -18.2. The second-order valence-corrected chi connectivity index (χ2v) is 40.3. The quantitative estimate of drug-likeness (QED) is 0.0263. The minimum absolute atomic E-state index is 0.00707. The van der Waals surface area contributed by atoms with Crippen LogP contribution in [0.5, 0.6) is 0 Å². The molecule has 7 aliphatic rings. The summed E-state index contributed by atoms with van der Waals surface area (Å²) in [6.45, 7) is 10.3. The Hall–Kier alpha value is -12.9. The number of carbonyl (C=O) groups excluding carboxylic acids is 19. The van der Waals surface area contributed by atoms with Gasteiger partial charge in [0, 0.05) is 83.0 Å². The Labute approximate surface area is 859 Å². The Bertz CT molecular complexity index is 5170. The maximum atomic E-state index is 14.8. The average Bonchev–Trinajstić information content (AvgIpc) is 1.64. The SMILES string of the molecule is CC(C)C[C@H](NC(=O)[C@H](Cc1ccccc1)NC(=O)[C@H](CCC(=O)O)NC(=O)[C@@H]1CCCN1C(=O)[C@H](C)NC(=O)[C@@H]1CCCN1C(=O)[C@H](CS)NC(=O)[C@@H]1CCCN1C(=O)[C@@H]1CCCN1C(=O)[C@@H](N)CS)C(=O)NCC(=O)NCC(=O)N1CCC[C@H]1C(=O)N[C@@H](CO)C(=O)N[C@H](C(=O)N[C@@H](Cc1ccccc1)C(=O)N[C@@H](CC(C)C)C(=O)N[C@@H](Cc1ccccc1)C(=O)N1CCC[C@H]1C(=O)N1CCC[C@H]1C(=O)O)C(C)C. The molecule has 0 spiro atoms. The summed E-state index contributed by atoms with van der Waals surface area (Å²) >= 11 is 8.53. The molecular weight excluding hydrogens is 1930 g/mol. The number of aliphatic hydroxyl groups is 1. The standard InChI is InChI=1S/C100H142N20O24S2/c1-56(2)46-65(106-86(129)67(48-60-24-11-8-12-25-60)108-84(127)64(37-38-81(124)125)105-91(134)74-32-18-40-115(74)94(137)59(7)104-89(132)73-31-19-41-116(73)97(140)71(55-146)112-92(135)75-33-20-42-117(75)98(141)76-34-21-43-118(76)95(138)63(101)54-145)83(126)103-51-79(122)102-52-80(123)114-39-17-30-72(114)90(133)111-70(53-121)88(131)113-82(58(5)6)93(136)109-68(49-61-26-13-9-14-27-61)87(130)107-66(47-57(3)4)85(128)110-69(50-62-28-15-10-16-29-62)96(139)119-44-22-35-77(119)99(142)120-45-23-36-78(120)100(143)144/h8-16,24-29,56-59,63-78,82,121,145-146H,17-23,30-55,101H2,1-7H3,(H,102,122)(H,103,126)(H,104,132)(H,105,134)(H,106,129)(H,107,130)(H,108,127)(H,109,136)(H,110,128)(H,111,133)(H,112,135)(H,113,131)(H,124,125)(H,143,144)/t59-,63-,64-,65-,66-,67-,68-,69-,70-,71-,72-,73-,74-,75-,76-,77-,78-,82-/m0/s1. The van der Waals surface area contributed by atoms with Gasteiger partial charge in [-0.1, -0.05) is 133 Å². The van der Waals surface area contributed by atoms with Gasteiger partial charge in [0.2, 0.25) is 112 Å². The third-order valence-electron chi connectivity index (χ3n) is 27.5. The van der Waals surface area contributed by atoms with Crippen molar-refractivity contribution in [2.45, 2.75) is 292 Å². The van der Waals surface area contributed by atoms with Crippen LogP contribution >= 0.6 is 25.3 Å². The highest BCUT2D eigenvalue weighted by atomic mass is 32.1. The predicted molar refractivity (Wildman–Crippen MR) is 536 cm³/mol. The van der Waals surface area contributed by atoms with Crippen molar-refractivity contribution in [1.29, 1.82) is 0 Å². The zero-order valence-electron chi connectivity index (χ0n) is 83.6. The van der Waals surface area contributed by atoms with Crippen molar-refractivity contribution in [2.24, 2.45) is 23.5 Å². The number of nitrogens with one attached hydrogen (secondary N) is 12. The van der Waals surface area contributed by atoms with Gasteiger partial charge in [-0.3, -0.25) is 95.9 Å². The number of thiol groups is 2. The molecule has 3 aromatic rings. The summed E-state index contributed by atoms with van der Waals surface area (Å²) in [6.07, 6.45) is 2.87. The Morgan fingerprint density at radius 1 is 0.349 bits per heavy atom. The van der Waals surface area contributed by atoms with Crippen molar-refractivity contribution in [1.82, 2.24) is 98.1 Å². The number of carbonyl (C=O) groups is 21. The molecule has 0 saturated carbocycles. The van der Waals surface area contributed by atoms with E-state index >= 15 is 0 Å². The molecule has 3 aromatic carbocycles. The van der Waals surface area contributed by atoms with Crippen LogP contribution in [0, 0.1) is 17.8 Å². The van der Waals surface area contributed by atoms with Crippen molar-refractivity contribution in [3.63, 3.8) is 0 Å². The molecule has 0 bridgehead atoms. The molecule has 7 aliphatic heterocycles. The molecule has 46 heteroatoms. The fraction of sp³-hybridized carbons (Fsp3) is 0.610. The number of rotatable bonds is 49. The van der Waals surface area contributed by atoms with E-state index in [4.69, 9.17) is 5.73 Å². The van der Waals surface area contributed by atoms with Gasteiger partial charge >= 0.3 is 11.9 Å². The Balaban J connectivity index is 0.710. The molecule has 7 heterocycles. The van der Waals surface area contributed by atoms with E-state index in [1.807, 2.05) is 13.8 Å². The van der Waals surface area contributed by atoms with E-state index in [0.717, 1.165) is 4.90 Å². The molecule has 17 N–H and O–H groups in total. The number of benzene rings is 3. The van der Waals surface area contributed by atoms with Crippen LogP contribution in [0.2, 0.25) is 0 Å². The topological polar surface area (TPSA) is 612 Å². The Kier molecular flexibility index (Phi) is 43.4. The minimum Gasteiger partial charge on any atom is -0.481 e. The zero-order valence-corrected chi connectivity index (χ0v) is 85.4. The molecule has 44 nitrogen and oxygen atoms in total. The summed E-state index contributed by atoms with van der Waals surface area (Å²) in [4.78, 5) is 304. The number of carboxylic acids is 2. The van der Waals surface area contributed by atoms with Crippen LogP contribution in [-0.2, 0) is 120 Å². The summed E-state index contributed by atoms with van der Waals surface area (Å²) < 4.78 is 0. The first-order valence-corrected chi connectivity index (χ1v) is 51.7. The number of nitrogens with zero attached hydrogens (tertiary/aromatic N) is 7. The lowest BCUT2D eigenvalue weighted by Gasteiger charge is -2.33. The summed E-state index contributed by atoms with van der Waals surface area (Å²) in [5.41, 5.74) is 7.74. The van der Waals surface area contributed by atoms with E-state index in [1.54, 1.807) is 119 Å². The van der Waals surface area contributed by atoms with Crippen molar-refractivity contribution < 1.29 is 116 Å². The molecule has 798 valence electrons. The van der Waals surface area contributed by atoms with Crippen LogP contribution < -0.4 is 69.5 Å². The minimum atomic E-state index is -1.72. The molecule has 18 atom stereocenters. The van der Waals surface area contributed by atoms with E-state index in [1.165, 1.54) is 36.3 Å². The zero-order chi connectivity index (χ0) is 106. The van der Waals surface area contributed by atoms with Gasteiger partial charge in [-0.2, -0.15) is 25.3 Å². The van der Waals surface area contributed by atoms with Crippen molar-refractivity contribution in [3.05, 3.63) is 108 Å². The number of hydrogen-bond donors (Lipinski definition) is 18. The smallest absolute Gasteiger partial charge is 0.326 e. The molecule has 0 aromatic heterocycles. The summed E-state index contributed by atoms with van der Waals surface area (Å²) in [5, 5.41) is 62.2. The number of nitrogens with two attached hydrogens (primary N) is 1. The van der Waals surface area contributed by atoms with Crippen molar-refractivity contribution in [3.8, 4) is 0 Å². The molecule has 7 fully saturated rings. The lowest BCUT2D eigenvalue weighted by Crippen LogP contribution is -2.61. The van der Waals surface area contributed by atoms with Gasteiger partial charge in [0.1, 0.15) is 103 Å². The maximum absolute atomic E-state index is 14.8. The first-order valence-electron chi connectivity index (χ1n) is 50.5. The van der Waals surface area contributed by atoms with Gasteiger partial charge in [-0.15, -0.1) is 0 Å². The lowest BCUT2D eigenvalue weighted by molar-refractivity contribution is -0.152. The fourth-order valence-electron chi connectivity index (χ4n) is 19.9. The van der Waals surface area contributed by atoms with E-state index in [2.05, 4.69) is 89.1 Å². The third-order valence-corrected chi connectivity index (χ3v) is 28.3. The highest BCUT2D eigenvalue weighted by Crippen LogP contribution is 2.31. The number of carboxylic acid groups (broad SMARTS) is 2. The first-order chi connectivity index (χ1) is 69.6. The fourth-order valence-corrected chi connectivity index (χ4v) is 20.3. The van der Waals surface area contributed by atoms with Crippen LogP contribution in [0.4, 0.5) is 0 Å². The monoisotopic (exact) mass is 2070 g/mol. The number of aliphatic carboxylic acids is 2. The normalized spacial score (nSPS) is 20.9. The highest BCUT2D eigenvalue weighted by molar-refractivity contribution is 7.80. The van der Waals surface area contributed by atoms with Crippen LogP contribution in [0.25, 0.3) is 0 Å². The Morgan fingerprint density at radius 2 is 0.699 bits per heavy atom. The van der Waals surface area contributed by atoms with E-state index < -0.39 is 271 Å². The number of amides is 19. The second-order valence-electron chi connectivity index (χ2n) is 39.6. The highest BCUT2D eigenvalue weighted by Gasteiger charge is 2.50. The van der Waals surface area contributed by atoms with Gasteiger partial charge in [0.25, 0.3) is 0 Å². The molecule has 19 amide bonds. The van der Waals surface area contributed by atoms with Crippen LogP contribution in [0.1, 0.15) is 181 Å². The largest absolute Gasteiger partial charge is 0.481 e. The molecule has 0 aliphatic carbocycles. The molecule has 10 rings (SSSR count). The van der Waals surface area contributed by atoms with Crippen LogP contribution in [0.15, 0.2) is 91.0 Å². The molecular formula is C100H142N20O24S2. The van der Waals surface area contributed by atoms with E-state index in [9.17, 15) is 116 Å². The number of hydrogen-bond acceptors (Lipinski definition) is 25. The van der Waals surface area contributed by atoms with Crippen LogP contribution in [-0.4, -0.2) is 360 Å². The van der Waals surface area contributed by atoms with Crippen molar-refractivity contribution in [2.75, 3.05) is 77.0 Å². The number of aliphatic hydroxyl groups excluding tert-OH is 1. The third kappa shape index (κ3) is 31.4.